The number of carbonyl (C=O) groups is 1. The SMILES string of the molecule is O=C(c1cccnc1)N1CCCC1c1cccc(Cc2ccccc2Cl)n1. The lowest BCUT2D eigenvalue weighted by atomic mass is 10.1. The van der Waals surface area contributed by atoms with Gasteiger partial charge in [-0.1, -0.05) is 35.9 Å². The van der Waals surface area contributed by atoms with Gasteiger partial charge in [0.1, 0.15) is 0 Å². The van der Waals surface area contributed by atoms with Crippen molar-refractivity contribution >= 4 is 17.5 Å². The van der Waals surface area contributed by atoms with Crippen LogP contribution in [0.15, 0.2) is 67.0 Å². The Hall–Kier alpha value is -2.72. The summed E-state index contributed by atoms with van der Waals surface area (Å²) in [5, 5.41) is 0.749. The van der Waals surface area contributed by atoms with Crippen LogP contribution < -0.4 is 0 Å². The van der Waals surface area contributed by atoms with Crippen molar-refractivity contribution in [1.29, 1.82) is 0 Å². The van der Waals surface area contributed by atoms with E-state index in [0.717, 1.165) is 41.4 Å². The number of amides is 1. The highest BCUT2D eigenvalue weighted by atomic mass is 35.5. The normalized spacial score (nSPS) is 16.5. The van der Waals surface area contributed by atoms with E-state index in [9.17, 15) is 4.79 Å². The van der Waals surface area contributed by atoms with Gasteiger partial charge in [-0.25, -0.2) is 0 Å². The van der Waals surface area contributed by atoms with E-state index in [2.05, 4.69) is 4.98 Å². The quantitative estimate of drug-likeness (QED) is 0.662. The van der Waals surface area contributed by atoms with Gasteiger partial charge < -0.3 is 4.90 Å². The molecule has 1 fully saturated rings. The van der Waals surface area contributed by atoms with Gasteiger partial charge in [0.05, 0.1) is 17.3 Å². The van der Waals surface area contributed by atoms with E-state index in [4.69, 9.17) is 16.6 Å². The molecule has 0 bridgehead atoms. The molecule has 1 unspecified atom stereocenters. The van der Waals surface area contributed by atoms with Crippen LogP contribution in [-0.4, -0.2) is 27.3 Å². The van der Waals surface area contributed by atoms with Crippen LogP contribution in [0.4, 0.5) is 0 Å². The van der Waals surface area contributed by atoms with Gasteiger partial charge in [-0.15, -0.1) is 0 Å². The molecule has 3 heterocycles. The molecule has 1 aliphatic rings. The summed E-state index contributed by atoms with van der Waals surface area (Å²) < 4.78 is 0. The number of carbonyl (C=O) groups excluding carboxylic acids is 1. The highest BCUT2D eigenvalue weighted by Crippen LogP contribution is 2.32. The predicted molar refractivity (Wildman–Crippen MR) is 106 cm³/mol. The van der Waals surface area contributed by atoms with Crippen LogP contribution in [0, 0.1) is 0 Å². The maximum Gasteiger partial charge on any atom is 0.255 e. The molecule has 0 radical (unpaired) electrons. The van der Waals surface area contributed by atoms with Crippen LogP contribution in [0.3, 0.4) is 0 Å². The highest BCUT2D eigenvalue weighted by Gasteiger charge is 2.31. The zero-order valence-corrected chi connectivity index (χ0v) is 15.6. The molecule has 4 nitrogen and oxygen atoms in total. The van der Waals surface area contributed by atoms with E-state index < -0.39 is 0 Å². The molecule has 0 aliphatic carbocycles. The van der Waals surface area contributed by atoms with Crippen LogP contribution in [0.1, 0.15) is 46.2 Å². The van der Waals surface area contributed by atoms with E-state index in [-0.39, 0.29) is 11.9 Å². The number of benzene rings is 1. The van der Waals surface area contributed by atoms with Crippen molar-refractivity contribution in [3.05, 3.63) is 94.5 Å². The summed E-state index contributed by atoms with van der Waals surface area (Å²) >= 11 is 6.29. The molecule has 136 valence electrons. The molecule has 0 N–H and O–H groups in total. The van der Waals surface area contributed by atoms with Crippen molar-refractivity contribution in [2.24, 2.45) is 0 Å². The van der Waals surface area contributed by atoms with Gasteiger partial charge in [0.2, 0.25) is 0 Å². The van der Waals surface area contributed by atoms with Gasteiger partial charge in [0.25, 0.3) is 5.91 Å². The van der Waals surface area contributed by atoms with E-state index in [1.54, 1.807) is 18.5 Å². The average molecular weight is 378 g/mol. The van der Waals surface area contributed by atoms with Gasteiger partial charge in [0.15, 0.2) is 0 Å². The van der Waals surface area contributed by atoms with Crippen LogP contribution >= 0.6 is 11.6 Å². The Kier molecular flexibility index (Phi) is 5.16. The van der Waals surface area contributed by atoms with E-state index in [1.807, 2.05) is 53.4 Å². The largest absolute Gasteiger partial charge is 0.330 e. The molecule has 3 aromatic rings. The number of halogens is 1. The van der Waals surface area contributed by atoms with Crippen molar-refractivity contribution in [3.8, 4) is 0 Å². The first-order valence-electron chi connectivity index (χ1n) is 9.12. The van der Waals surface area contributed by atoms with Gasteiger partial charge in [-0.3, -0.25) is 14.8 Å². The fourth-order valence-corrected chi connectivity index (χ4v) is 3.79. The van der Waals surface area contributed by atoms with Crippen molar-refractivity contribution in [3.63, 3.8) is 0 Å². The third-order valence-electron chi connectivity index (χ3n) is 4.92. The highest BCUT2D eigenvalue weighted by molar-refractivity contribution is 6.31. The summed E-state index contributed by atoms with van der Waals surface area (Å²) in [7, 11) is 0. The third-order valence-corrected chi connectivity index (χ3v) is 5.29. The second-order valence-corrected chi connectivity index (χ2v) is 7.13. The predicted octanol–water partition coefficient (Wildman–Crippen LogP) is 4.70. The summed E-state index contributed by atoms with van der Waals surface area (Å²) in [6, 6.07) is 17.5. The van der Waals surface area contributed by atoms with Crippen molar-refractivity contribution in [2.75, 3.05) is 6.54 Å². The number of rotatable bonds is 4. The molecule has 2 aromatic heterocycles. The molecular formula is C22H20ClN3O. The Morgan fingerprint density at radius 3 is 2.81 bits per heavy atom. The topological polar surface area (TPSA) is 46.1 Å². The molecule has 0 spiro atoms. The Balaban J connectivity index is 1.57. The molecule has 27 heavy (non-hydrogen) atoms. The minimum absolute atomic E-state index is 0.00361. The number of hydrogen-bond donors (Lipinski definition) is 0. The maximum absolute atomic E-state index is 12.9. The van der Waals surface area contributed by atoms with Gasteiger partial charge in [-0.05, 0) is 48.7 Å². The number of aromatic nitrogens is 2. The van der Waals surface area contributed by atoms with Crippen LogP contribution in [0.5, 0.6) is 0 Å². The first kappa shape index (κ1) is 17.7. The molecular weight excluding hydrogens is 358 g/mol. The summed E-state index contributed by atoms with van der Waals surface area (Å²) in [4.78, 5) is 23.7. The summed E-state index contributed by atoms with van der Waals surface area (Å²) in [5.74, 6) is 0.0175. The molecule has 4 rings (SSSR count). The molecule has 1 aliphatic heterocycles. The van der Waals surface area contributed by atoms with Gasteiger partial charge in [0, 0.05) is 36.1 Å². The lowest BCUT2D eigenvalue weighted by Gasteiger charge is -2.24. The van der Waals surface area contributed by atoms with E-state index >= 15 is 0 Å². The smallest absolute Gasteiger partial charge is 0.255 e. The Morgan fingerprint density at radius 1 is 1.11 bits per heavy atom. The maximum atomic E-state index is 12.9. The summed E-state index contributed by atoms with van der Waals surface area (Å²) in [5.41, 5.74) is 3.57. The van der Waals surface area contributed by atoms with Crippen LogP contribution in [0.2, 0.25) is 5.02 Å². The lowest BCUT2D eigenvalue weighted by Crippen LogP contribution is -2.31. The standard InChI is InChI=1S/C22H20ClN3O/c23-19-9-2-1-6-16(19)14-18-8-3-10-20(25-18)21-11-5-13-26(21)22(27)17-7-4-12-24-15-17/h1-4,6-10,12,15,21H,5,11,13-14H2. The first-order valence-corrected chi connectivity index (χ1v) is 9.50. The van der Waals surface area contributed by atoms with Crippen LogP contribution in [-0.2, 0) is 6.42 Å². The zero-order valence-electron chi connectivity index (χ0n) is 14.9. The number of pyridine rings is 2. The van der Waals surface area contributed by atoms with Crippen molar-refractivity contribution < 1.29 is 4.79 Å². The van der Waals surface area contributed by atoms with E-state index in [1.165, 1.54) is 0 Å². The average Bonchev–Trinajstić information content (AvgIpc) is 3.20. The summed E-state index contributed by atoms with van der Waals surface area (Å²) in [6.45, 7) is 0.745. The Labute approximate surface area is 163 Å². The second kappa shape index (κ2) is 7.89. The number of likely N-dealkylation sites (tertiary alicyclic amines) is 1. The van der Waals surface area contributed by atoms with E-state index in [0.29, 0.717) is 12.0 Å². The fraction of sp³-hybridized carbons (Fsp3) is 0.227. The Morgan fingerprint density at radius 2 is 2.00 bits per heavy atom. The second-order valence-electron chi connectivity index (χ2n) is 6.72. The monoisotopic (exact) mass is 377 g/mol. The minimum atomic E-state index is 0.00361. The first-order chi connectivity index (χ1) is 13.2. The Bertz CT molecular complexity index is 945. The zero-order chi connectivity index (χ0) is 18.6. The molecule has 0 saturated carbocycles. The van der Waals surface area contributed by atoms with Gasteiger partial charge >= 0.3 is 0 Å². The third kappa shape index (κ3) is 3.86. The van der Waals surface area contributed by atoms with Gasteiger partial charge in [-0.2, -0.15) is 0 Å². The molecule has 1 saturated heterocycles. The van der Waals surface area contributed by atoms with Crippen molar-refractivity contribution in [1.82, 2.24) is 14.9 Å². The molecule has 1 amide bonds. The minimum Gasteiger partial charge on any atom is -0.330 e. The van der Waals surface area contributed by atoms with Crippen molar-refractivity contribution in [2.45, 2.75) is 25.3 Å². The lowest BCUT2D eigenvalue weighted by molar-refractivity contribution is 0.0732. The molecule has 1 aromatic carbocycles. The molecule has 1 atom stereocenters. The van der Waals surface area contributed by atoms with Crippen LogP contribution in [0.25, 0.3) is 0 Å². The fourth-order valence-electron chi connectivity index (χ4n) is 3.59. The summed E-state index contributed by atoms with van der Waals surface area (Å²) in [6.07, 6.45) is 5.88. The number of nitrogens with zero attached hydrogens (tertiary/aromatic N) is 3. The number of hydrogen-bond acceptors (Lipinski definition) is 3. The molecule has 5 heteroatoms.